The minimum Gasteiger partial charge on any atom is -0.314 e. The Kier molecular flexibility index (Phi) is 2.43. The summed E-state index contributed by atoms with van der Waals surface area (Å²) in [5.41, 5.74) is 1.14. The van der Waals surface area contributed by atoms with Crippen LogP contribution in [0.15, 0.2) is 24.3 Å². The molecule has 0 aliphatic heterocycles. The molecule has 0 saturated heterocycles. The van der Waals surface area contributed by atoms with Crippen LogP contribution in [0.4, 0.5) is 0 Å². The molecule has 3 rings (SSSR count). The predicted molar refractivity (Wildman–Crippen MR) is 64.3 cm³/mol. The summed E-state index contributed by atoms with van der Waals surface area (Å²) in [4.78, 5) is 4.61. The standard InChI is InChI=1S/C12H14N2S/c1-2-4-11-10(3-1)14-12(15-11)7-8-13-9-5-6-9/h1-4,9,13H,5-8H2. The second-order valence-corrected chi connectivity index (χ2v) is 5.17. The van der Waals surface area contributed by atoms with Crippen LogP contribution in [-0.2, 0) is 6.42 Å². The Bertz CT molecular complexity index is 426. The van der Waals surface area contributed by atoms with Crippen LogP contribution in [0, 0.1) is 0 Å². The summed E-state index contributed by atoms with van der Waals surface area (Å²) in [5, 5.41) is 4.77. The van der Waals surface area contributed by atoms with E-state index in [1.807, 2.05) is 17.4 Å². The van der Waals surface area contributed by atoms with E-state index >= 15 is 0 Å². The molecule has 1 heterocycles. The fraction of sp³-hybridized carbons (Fsp3) is 0.417. The van der Waals surface area contributed by atoms with Crippen molar-refractivity contribution in [2.24, 2.45) is 0 Å². The molecule has 1 aromatic carbocycles. The molecule has 1 aromatic heterocycles. The van der Waals surface area contributed by atoms with Crippen LogP contribution in [-0.4, -0.2) is 17.6 Å². The average molecular weight is 218 g/mol. The normalized spacial score (nSPS) is 16.0. The first-order valence-corrected chi connectivity index (χ1v) is 6.31. The summed E-state index contributed by atoms with van der Waals surface area (Å²) in [6.45, 7) is 1.07. The van der Waals surface area contributed by atoms with Crippen LogP contribution in [0.25, 0.3) is 10.2 Å². The second kappa shape index (κ2) is 3.91. The number of hydrogen-bond donors (Lipinski definition) is 1. The maximum absolute atomic E-state index is 4.61. The second-order valence-electron chi connectivity index (χ2n) is 4.05. The van der Waals surface area contributed by atoms with Crippen molar-refractivity contribution >= 4 is 21.6 Å². The lowest BCUT2D eigenvalue weighted by Crippen LogP contribution is -2.19. The molecule has 1 N–H and O–H groups in total. The summed E-state index contributed by atoms with van der Waals surface area (Å²) < 4.78 is 1.30. The Hall–Kier alpha value is -0.930. The molecule has 2 nitrogen and oxygen atoms in total. The van der Waals surface area contributed by atoms with Crippen LogP contribution in [0.1, 0.15) is 17.8 Å². The Morgan fingerprint density at radius 1 is 1.33 bits per heavy atom. The van der Waals surface area contributed by atoms with E-state index in [9.17, 15) is 0 Å². The maximum atomic E-state index is 4.61. The van der Waals surface area contributed by atoms with Gasteiger partial charge in [-0.1, -0.05) is 12.1 Å². The van der Waals surface area contributed by atoms with Crippen LogP contribution in [0.2, 0.25) is 0 Å². The monoisotopic (exact) mass is 218 g/mol. The van der Waals surface area contributed by atoms with Crippen LogP contribution < -0.4 is 5.32 Å². The third kappa shape index (κ3) is 2.19. The molecule has 0 amide bonds. The van der Waals surface area contributed by atoms with Gasteiger partial charge in [-0.3, -0.25) is 0 Å². The fourth-order valence-electron chi connectivity index (χ4n) is 1.70. The van der Waals surface area contributed by atoms with Crippen molar-refractivity contribution < 1.29 is 0 Å². The minimum atomic E-state index is 0.805. The summed E-state index contributed by atoms with van der Waals surface area (Å²) in [7, 11) is 0. The van der Waals surface area contributed by atoms with E-state index in [1.54, 1.807) is 0 Å². The van der Waals surface area contributed by atoms with Gasteiger partial charge >= 0.3 is 0 Å². The summed E-state index contributed by atoms with van der Waals surface area (Å²) in [6, 6.07) is 9.16. The first kappa shape index (κ1) is 9.31. The number of thiazole rings is 1. The zero-order valence-electron chi connectivity index (χ0n) is 8.57. The SMILES string of the molecule is c1ccc2sc(CCNC3CC3)nc2c1. The molecule has 1 aliphatic rings. The quantitative estimate of drug-likeness (QED) is 0.853. The highest BCUT2D eigenvalue weighted by molar-refractivity contribution is 7.18. The van der Waals surface area contributed by atoms with Crippen molar-refractivity contribution in [3.8, 4) is 0 Å². The van der Waals surface area contributed by atoms with Gasteiger partial charge in [0.25, 0.3) is 0 Å². The van der Waals surface area contributed by atoms with Crippen molar-refractivity contribution in [1.82, 2.24) is 10.3 Å². The smallest absolute Gasteiger partial charge is 0.0951 e. The van der Waals surface area contributed by atoms with Gasteiger partial charge in [-0.25, -0.2) is 4.98 Å². The maximum Gasteiger partial charge on any atom is 0.0951 e. The van der Waals surface area contributed by atoms with E-state index in [1.165, 1.54) is 22.5 Å². The number of para-hydroxylation sites is 1. The zero-order chi connectivity index (χ0) is 10.1. The molecule has 3 heteroatoms. The number of fused-ring (bicyclic) bond motifs is 1. The van der Waals surface area contributed by atoms with Crippen molar-refractivity contribution in [3.05, 3.63) is 29.3 Å². The Morgan fingerprint density at radius 2 is 2.20 bits per heavy atom. The number of nitrogens with one attached hydrogen (secondary N) is 1. The van der Waals surface area contributed by atoms with Gasteiger partial charge in [-0.15, -0.1) is 11.3 Å². The highest BCUT2D eigenvalue weighted by Gasteiger charge is 2.19. The number of rotatable bonds is 4. The molecule has 15 heavy (non-hydrogen) atoms. The molecule has 0 atom stereocenters. The molecule has 0 spiro atoms. The van der Waals surface area contributed by atoms with Gasteiger partial charge in [0.15, 0.2) is 0 Å². The predicted octanol–water partition coefficient (Wildman–Crippen LogP) is 2.59. The third-order valence-corrected chi connectivity index (χ3v) is 3.78. The van der Waals surface area contributed by atoms with Gasteiger partial charge in [-0.05, 0) is 25.0 Å². The van der Waals surface area contributed by atoms with E-state index in [2.05, 4.69) is 28.5 Å². The Labute approximate surface area is 93.3 Å². The molecular weight excluding hydrogens is 204 g/mol. The molecule has 2 aromatic rings. The van der Waals surface area contributed by atoms with Gasteiger partial charge in [0.05, 0.1) is 15.2 Å². The summed E-state index contributed by atoms with van der Waals surface area (Å²) >= 11 is 1.82. The van der Waals surface area contributed by atoms with Gasteiger partial charge in [0.1, 0.15) is 0 Å². The number of nitrogens with zero attached hydrogens (tertiary/aromatic N) is 1. The number of benzene rings is 1. The van der Waals surface area contributed by atoms with Crippen molar-refractivity contribution in [3.63, 3.8) is 0 Å². The van der Waals surface area contributed by atoms with Crippen molar-refractivity contribution in [2.45, 2.75) is 25.3 Å². The largest absolute Gasteiger partial charge is 0.314 e. The highest BCUT2D eigenvalue weighted by Crippen LogP contribution is 2.22. The van der Waals surface area contributed by atoms with E-state index in [-0.39, 0.29) is 0 Å². The summed E-state index contributed by atoms with van der Waals surface area (Å²) in [5.74, 6) is 0. The van der Waals surface area contributed by atoms with E-state index in [4.69, 9.17) is 0 Å². The summed E-state index contributed by atoms with van der Waals surface area (Å²) in [6.07, 6.45) is 3.79. The Balaban J connectivity index is 1.68. The number of hydrogen-bond acceptors (Lipinski definition) is 3. The minimum absolute atomic E-state index is 0.805. The van der Waals surface area contributed by atoms with Crippen LogP contribution >= 0.6 is 11.3 Å². The van der Waals surface area contributed by atoms with E-state index < -0.39 is 0 Å². The van der Waals surface area contributed by atoms with Gasteiger partial charge in [0, 0.05) is 19.0 Å². The van der Waals surface area contributed by atoms with Crippen LogP contribution in [0.3, 0.4) is 0 Å². The molecule has 1 aliphatic carbocycles. The first-order chi connectivity index (χ1) is 7.42. The van der Waals surface area contributed by atoms with Crippen LogP contribution in [0.5, 0.6) is 0 Å². The van der Waals surface area contributed by atoms with E-state index in [0.717, 1.165) is 24.5 Å². The molecule has 78 valence electrons. The zero-order valence-corrected chi connectivity index (χ0v) is 9.39. The van der Waals surface area contributed by atoms with Crippen molar-refractivity contribution in [2.75, 3.05) is 6.54 Å². The molecule has 0 radical (unpaired) electrons. The lowest BCUT2D eigenvalue weighted by molar-refractivity contribution is 0.681. The topological polar surface area (TPSA) is 24.9 Å². The third-order valence-electron chi connectivity index (χ3n) is 2.69. The highest BCUT2D eigenvalue weighted by atomic mass is 32.1. The first-order valence-electron chi connectivity index (χ1n) is 5.50. The lowest BCUT2D eigenvalue weighted by Gasteiger charge is -1.98. The molecule has 1 saturated carbocycles. The molecule has 0 bridgehead atoms. The number of aromatic nitrogens is 1. The molecular formula is C12H14N2S. The molecule has 1 fully saturated rings. The van der Waals surface area contributed by atoms with Gasteiger partial charge in [0.2, 0.25) is 0 Å². The Morgan fingerprint density at radius 3 is 3.00 bits per heavy atom. The van der Waals surface area contributed by atoms with E-state index in [0.29, 0.717) is 0 Å². The van der Waals surface area contributed by atoms with Gasteiger partial charge < -0.3 is 5.32 Å². The lowest BCUT2D eigenvalue weighted by atomic mass is 10.3. The van der Waals surface area contributed by atoms with Crippen molar-refractivity contribution in [1.29, 1.82) is 0 Å². The average Bonchev–Trinajstić information content (AvgIpc) is 2.97. The fourth-order valence-corrected chi connectivity index (χ4v) is 2.66. The molecule has 0 unspecified atom stereocenters. The van der Waals surface area contributed by atoms with Gasteiger partial charge in [-0.2, -0.15) is 0 Å².